The van der Waals surface area contributed by atoms with E-state index in [1.54, 1.807) is 6.20 Å². The number of hydrogen-bond donors (Lipinski definition) is 0. The minimum absolute atomic E-state index is 0.124. The number of aryl methyl sites for hydroxylation is 1. The Hall–Kier alpha value is -2.10. The van der Waals surface area contributed by atoms with E-state index in [-0.39, 0.29) is 11.9 Å². The SMILES string of the molecule is Cc1cc(C(=O)N(Cc2cccnc2)C(C)C)c(C)n1C1CCCCC1. The van der Waals surface area contributed by atoms with Crippen LogP contribution in [0.3, 0.4) is 0 Å². The highest BCUT2D eigenvalue weighted by Gasteiger charge is 2.26. The molecule has 0 N–H and O–H groups in total. The quantitative estimate of drug-likeness (QED) is 0.754. The summed E-state index contributed by atoms with van der Waals surface area (Å²) in [5.74, 6) is 0.124. The van der Waals surface area contributed by atoms with E-state index in [0.29, 0.717) is 12.6 Å². The molecule has 0 aromatic carbocycles. The van der Waals surface area contributed by atoms with Crippen LogP contribution in [0.4, 0.5) is 0 Å². The first-order chi connectivity index (χ1) is 12.5. The Morgan fingerprint density at radius 1 is 1.27 bits per heavy atom. The van der Waals surface area contributed by atoms with Crippen LogP contribution in [-0.2, 0) is 6.54 Å². The average molecular weight is 354 g/mol. The van der Waals surface area contributed by atoms with Gasteiger partial charge < -0.3 is 9.47 Å². The van der Waals surface area contributed by atoms with Crippen molar-refractivity contribution in [3.8, 4) is 0 Å². The molecule has 1 saturated carbocycles. The van der Waals surface area contributed by atoms with Crippen molar-refractivity contribution in [2.45, 2.75) is 78.4 Å². The number of rotatable bonds is 5. The summed E-state index contributed by atoms with van der Waals surface area (Å²) in [5, 5.41) is 0. The molecule has 140 valence electrons. The van der Waals surface area contributed by atoms with Gasteiger partial charge in [0, 0.05) is 42.4 Å². The van der Waals surface area contributed by atoms with Gasteiger partial charge in [-0.1, -0.05) is 25.3 Å². The third-order valence-electron chi connectivity index (χ3n) is 5.61. The lowest BCUT2D eigenvalue weighted by molar-refractivity contribution is 0.0689. The molecule has 1 amide bonds. The summed E-state index contributed by atoms with van der Waals surface area (Å²) in [6.07, 6.45) is 10.0. The van der Waals surface area contributed by atoms with Crippen molar-refractivity contribution in [3.05, 3.63) is 53.1 Å². The molecule has 0 radical (unpaired) electrons. The zero-order chi connectivity index (χ0) is 18.7. The first kappa shape index (κ1) is 18.7. The molecular formula is C22H31N3O. The third-order valence-corrected chi connectivity index (χ3v) is 5.61. The van der Waals surface area contributed by atoms with Crippen LogP contribution < -0.4 is 0 Å². The van der Waals surface area contributed by atoms with Crippen molar-refractivity contribution in [2.24, 2.45) is 0 Å². The van der Waals surface area contributed by atoms with Crippen molar-refractivity contribution in [1.29, 1.82) is 0 Å². The largest absolute Gasteiger partial charge is 0.345 e. The van der Waals surface area contributed by atoms with Gasteiger partial charge in [-0.3, -0.25) is 9.78 Å². The van der Waals surface area contributed by atoms with E-state index in [4.69, 9.17) is 0 Å². The summed E-state index contributed by atoms with van der Waals surface area (Å²) >= 11 is 0. The summed E-state index contributed by atoms with van der Waals surface area (Å²) in [4.78, 5) is 19.5. The first-order valence-electron chi connectivity index (χ1n) is 9.87. The topological polar surface area (TPSA) is 38.1 Å². The highest BCUT2D eigenvalue weighted by molar-refractivity contribution is 5.96. The molecular weight excluding hydrogens is 322 g/mol. The lowest BCUT2D eigenvalue weighted by atomic mass is 9.95. The van der Waals surface area contributed by atoms with Crippen LogP contribution >= 0.6 is 0 Å². The Morgan fingerprint density at radius 2 is 2.00 bits per heavy atom. The summed E-state index contributed by atoms with van der Waals surface area (Å²) in [5.41, 5.74) is 4.25. The Balaban J connectivity index is 1.87. The molecule has 2 aromatic rings. The second-order valence-corrected chi connectivity index (χ2v) is 7.83. The van der Waals surface area contributed by atoms with Gasteiger partial charge in [0.1, 0.15) is 0 Å². The molecule has 0 spiro atoms. The second-order valence-electron chi connectivity index (χ2n) is 7.83. The lowest BCUT2D eigenvalue weighted by Crippen LogP contribution is -2.36. The fourth-order valence-electron chi connectivity index (χ4n) is 4.23. The number of nitrogens with zero attached hydrogens (tertiary/aromatic N) is 3. The Morgan fingerprint density at radius 3 is 2.62 bits per heavy atom. The first-order valence-corrected chi connectivity index (χ1v) is 9.87. The van der Waals surface area contributed by atoms with Crippen molar-refractivity contribution in [1.82, 2.24) is 14.5 Å². The number of pyridine rings is 1. The lowest BCUT2D eigenvalue weighted by Gasteiger charge is -2.28. The van der Waals surface area contributed by atoms with Crippen molar-refractivity contribution >= 4 is 5.91 Å². The molecule has 3 rings (SSSR count). The number of amides is 1. The van der Waals surface area contributed by atoms with Crippen molar-refractivity contribution < 1.29 is 4.79 Å². The molecule has 4 heteroatoms. The number of hydrogen-bond acceptors (Lipinski definition) is 2. The zero-order valence-electron chi connectivity index (χ0n) is 16.5. The van der Waals surface area contributed by atoms with E-state index in [1.165, 1.54) is 37.8 Å². The predicted octanol–water partition coefficient (Wildman–Crippen LogP) is 5.06. The number of carbonyl (C=O) groups excluding carboxylic acids is 1. The summed E-state index contributed by atoms with van der Waals surface area (Å²) in [6, 6.07) is 6.73. The van der Waals surface area contributed by atoms with Gasteiger partial charge in [0.15, 0.2) is 0 Å². The summed E-state index contributed by atoms with van der Waals surface area (Å²) < 4.78 is 2.41. The minimum atomic E-state index is 0.124. The molecule has 1 aliphatic carbocycles. The van der Waals surface area contributed by atoms with Gasteiger partial charge >= 0.3 is 0 Å². The molecule has 0 atom stereocenters. The Bertz CT molecular complexity index is 742. The molecule has 2 aromatic heterocycles. The van der Waals surface area contributed by atoms with Gasteiger partial charge in [0.2, 0.25) is 0 Å². The van der Waals surface area contributed by atoms with Crippen molar-refractivity contribution in [3.63, 3.8) is 0 Å². The van der Waals surface area contributed by atoms with Gasteiger partial charge in [-0.2, -0.15) is 0 Å². The van der Waals surface area contributed by atoms with Crippen molar-refractivity contribution in [2.75, 3.05) is 0 Å². The normalized spacial score (nSPS) is 15.4. The van der Waals surface area contributed by atoms with Crippen LogP contribution in [0.2, 0.25) is 0 Å². The second kappa shape index (κ2) is 8.07. The monoisotopic (exact) mass is 353 g/mol. The summed E-state index contributed by atoms with van der Waals surface area (Å²) in [6.45, 7) is 9.00. The minimum Gasteiger partial charge on any atom is -0.345 e. The molecule has 0 unspecified atom stereocenters. The average Bonchev–Trinajstić information content (AvgIpc) is 2.95. The number of aromatic nitrogens is 2. The molecule has 0 bridgehead atoms. The van der Waals surface area contributed by atoms with Crippen LogP contribution in [0.25, 0.3) is 0 Å². The van der Waals surface area contributed by atoms with E-state index in [0.717, 1.165) is 16.8 Å². The fourth-order valence-corrected chi connectivity index (χ4v) is 4.23. The maximum absolute atomic E-state index is 13.4. The van der Waals surface area contributed by atoms with Gasteiger partial charge in [-0.15, -0.1) is 0 Å². The van der Waals surface area contributed by atoms with Gasteiger partial charge in [-0.05, 0) is 58.2 Å². The van der Waals surface area contributed by atoms with E-state index in [2.05, 4.69) is 43.3 Å². The van der Waals surface area contributed by atoms with Crippen LogP contribution in [-0.4, -0.2) is 26.4 Å². The smallest absolute Gasteiger partial charge is 0.256 e. The zero-order valence-corrected chi connectivity index (χ0v) is 16.5. The van der Waals surface area contributed by atoms with Gasteiger partial charge in [-0.25, -0.2) is 0 Å². The molecule has 1 fully saturated rings. The molecule has 26 heavy (non-hydrogen) atoms. The molecule has 4 nitrogen and oxygen atoms in total. The van der Waals surface area contributed by atoms with Crippen LogP contribution in [0.1, 0.15) is 79.3 Å². The molecule has 0 saturated heterocycles. The number of carbonyl (C=O) groups is 1. The molecule has 0 aliphatic heterocycles. The Labute approximate surface area is 157 Å². The van der Waals surface area contributed by atoms with Gasteiger partial charge in [0.05, 0.1) is 5.56 Å². The third kappa shape index (κ3) is 3.84. The fraction of sp³-hybridized carbons (Fsp3) is 0.545. The Kier molecular flexibility index (Phi) is 5.80. The standard InChI is InChI=1S/C22H31N3O/c1-16(2)24(15-19-9-8-12-23-14-19)22(26)21-13-17(3)25(18(21)4)20-10-6-5-7-11-20/h8-9,12-14,16,20H,5-7,10-11,15H2,1-4H3. The summed E-state index contributed by atoms with van der Waals surface area (Å²) in [7, 11) is 0. The van der Waals surface area contributed by atoms with E-state index in [1.807, 2.05) is 23.2 Å². The maximum Gasteiger partial charge on any atom is 0.256 e. The highest BCUT2D eigenvalue weighted by atomic mass is 16.2. The van der Waals surface area contributed by atoms with E-state index >= 15 is 0 Å². The van der Waals surface area contributed by atoms with E-state index in [9.17, 15) is 4.79 Å². The predicted molar refractivity (Wildman–Crippen MR) is 105 cm³/mol. The van der Waals surface area contributed by atoms with Crippen LogP contribution in [0, 0.1) is 13.8 Å². The van der Waals surface area contributed by atoms with Crippen LogP contribution in [0.15, 0.2) is 30.6 Å². The molecule has 1 aliphatic rings. The highest BCUT2D eigenvalue weighted by Crippen LogP contribution is 2.32. The van der Waals surface area contributed by atoms with Gasteiger partial charge in [0.25, 0.3) is 5.91 Å². The molecule has 2 heterocycles. The van der Waals surface area contributed by atoms with E-state index < -0.39 is 0 Å². The van der Waals surface area contributed by atoms with Crippen LogP contribution in [0.5, 0.6) is 0 Å². The maximum atomic E-state index is 13.4.